The third-order valence-corrected chi connectivity index (χ3v) is 3.17. The van der Waals surface area contributed by atoms with Crippen LogP contribution in [0.5, 0.6) is 11.5 Å². The van der Waals surface area contributed by atoms with Gasteiger partial charge in [0, 0.05) is 11.6 Å². The number of aryl methyl sites for hydroxylation is 3. The molecule has 5 nitrogen and oxygen atoms in total. The van der Waals surface area contributed by atoms with Gasteiger partial charge in [-0.2, -0.15) is 5.26 Å². The molecular weight excluding hydrogens is 268 g/mol. The van der Waals surface area contributed by atoms with E-state index in [1.165, 1.54) is 6.07 Å². The number of nitro groups is 1. The van der Waals surface area contributed by atoms with Crippen molar-refractivity contribution in [3.63, 3.8) is 0 Å². The number of nitro benzene ring substituents is 1. The summed E-state index contributed by atoms with van der Waals surface area (Å²) in [5, 5.41) is 20.0. The van der Waals surface area contributed by atoms with E-state index in [-0.39, 0.29) is 5.69 Å². The average molecular weight is 282 g/mol. The summed E-state index contributed by atoms with van der Waals surface area (Å²) in [6.45, 7) is 5.30. The van der Waals surface area contributed by atoms with Crippen LogP contribution in [-0.4, -0.2) is 4.92 Å². The molecule has 0 unspecified atom stereocenters. The largest absolute Gasteiger partial charge is 0.456 e. The van der Waals surface area contributed by atoms with Crippen LogP contribution in [0.25, 0.3) is 0 Å². The van der Waals surface area contributed by atoms with Crippen LogP contribution in [0, 0.1) is 42.2 Å². The van der Waals surface area contributed by atoms with Gasteiger partial charge in [0.2, 0.25) is 0 Å². The minimum atomic E-state index is -0.417. The normalized spacial score (nSPS) is 10.0. The number of ether oxygens (including phenoxy) is 1. The molecule has 0 spiro atoms. The molecule has 0 radical (unpaired) electrons. The summed E-state index contributed by atoms with van der Waals surface area (Å²) in [7, 11) is 0. The fourth-order valence-electron chi connectivity index (χ4n) is 2.01. The highest BCUT2D eigenvalue weighted by atomic mass is 16.6. The number of rotatable bonds is 3. The molecule has 2 rings (SSSR count). The van der Waals surface area contributed by atoms with Gasteiger partial charge in [-0.3, -0.25) is 10.1 Å². The highest BCUT2D eigenvalue weighted by Gasteiger charge is 2.15. The Morgan fingerprint density at radius 2 is 1.81 bits per heavy atom. The fraction of sp³-hybridized carbons (Fsp3) is 0.188. The van der Waals surface area contributed by atoms with Gasteiger partial charge in [-0.15, -0.1) is 0 Å². The highest BCUT2D eigenvalue weighted by molar-refractivity contribution is 5.53. The SMILES string of the molecule is Cc1ccc(C#N)c(Oc2cc(C)c([N+](=O)[O-])cc2C)c1. The van der Waals surface area contributed by atoms with Crippen LogP contribution >= 0.6 is 0 Å². The van der Waals surface area contributed by atoms with E-state index in [0.717, 1.165) is 5.56 Å². The maximum atomic E-state index is 10.9. The minimum absolute atomic E-state index is 0.0598. The number of nitrogens with zero attached hydrogens (tertiary/aromatic N) is 2. The fourth-order valence-corrected chi connectivity index (χ4v) is 2.01. The molecule has 106 valence electrons. The Balaban J connectivity index is 2.46. The molecule has 0 amide bonds. The van der Waals surface area contributed by atoms with Gasteiger partial charge in [0.25, 0.3) is 5.69 Å². The lowest BCUT2D eigenvalue weighted by molar-refractivity contribution is -0.385. The second-order valence-corrected chi connectivity index (χ2v) is 4.87. The van der Waals surface area contributed by atoms with Crippen molar-refractivity contribution in [2.75, 3.05) is 0 Å². The van der Waals surface area contributed by atoms with Gasteiger partial charge in [0.15, 0.2) is 0 Å². The molecule has 0 aromatic heterocycles. The van der Waals surface area contributed by atoms with Gasteiger partial charge in [0.05, 0.1) is 10.5 Å². The molecule has 0 bridgehead atoms. The van der Waals surface area contributed by atoms with Gasteiger partial charge in [-0.05, 0) is 50.1 Å². The van der Waals surface area contributed by atoms with Gasteiger partial charge >= 0.3 is 0 Å². The summed E-state index contributed by atoms with van der Waals surface area (Å²) in [5.41, 5.74) is 2.63. The summed E-state index contributed by atoms with van der Waals surface area (Å²) in [4.78, 5) is 10.5. The summed E-state index contributed by atoms with van der Waals surface area (Å²) in [5.74, 6) is 0.967. The van der Waals surface area contributed by atoms with Crippen molar-refractivity contribution in [3.8, 4) is 17.6 Å². The van der Waals surface area contributed by atoms with Crippen molar-refractivity contribution < 1.29 is 9.66 Å². The molecule has 0 aliphatic rings. The molecule has 0 aliphatic carbocycles. The van der Waals surface area contributed by atoms with Crippen LogP contribution in [-0.2, 0) is 0 Å². The quantitative estimate of drug-likeness (QED) is 0.625. The summed E-state index contributed by atoms with van der Waals surface area (Å²) in [6, 6.07) is 10.5. The van der Waals surface area contributed by atoms with Gasteiger partial charge in [-0.25, -0.2) is 0 Å². The van der Waals surface area contributed by atoms with E-state index in [1.54, 1.807) is 32.0 Å². The van der Waals surface area contributed by atoms with Crippen LogP contribution in [0.3, 0.4) is 0 Å². The van der Waals surface area contributed by atoms with Crippen LogP contribution in [0.4, 0.5) is 5.69 Å². The lowest BCUT2D eigenvalue weighted by Gasteiger charge is -2.11. The van der Waals surface area contributed by atoms with Gasteiger partial charge in [0.1, 0.15) is 17.6 Å². The Morgan fingerprint density at radius 3 is 2.43 bits per heavy atom. The van der Waals surface area contributed by atoms with E-state index in [4.69, 9.17) is 10.00 Å². The Labute approximate surface area is 122 Å². The number of benzene rings is 2. The Kier molecular flexibility index (Phi) is 3.90. The molecule has 0 N–H and O–H groups in total. The zero-order chi connectivity index (χ0) is 15.6. The Bertz CT molecular complexity index is 761. The van der Waals surface area contributed by atoms with Crippen LogP contribution in [0.2, 0.25) is 0 Å². The predicted octanol–water partition coefficient (Wildman–Crippen LogP) is 4.18. The summed E-state index contributed by atoms with van der Waals surface area (Å²) in [6.07, 6.45) is 0. The lowest BCUT2D eigenvalue weighted by Crippen LogP contribution is -1.96. The molecule has 5 heteroatoms. The molecule has 0 saturated carbocycles. The van der Waals surface area contributed by atoms with Crippen molar-refractivity contribution >= 4 is 5.69 Å². The zero-order valence-corrected chi connectivity index (χ0v) is 12.0. The first-order valence-electron chi connectivity index (χ1n) is 6.36. The van der Waals surface area contributed by atoms with E-state index in [2.05, 4.69) is 6.07 Å². The maximum absolute atomic E-state index is 10.9. The molecular formula is C16H14N2O3. The van der Waals surface area contributed by atoms with Crippen molar-refractivity contribution in [1.82, 2.24) is 0 Å². The standard InChI is InChI=1S/C16H14N2O3/c1-10-4-5-13(9-17)16(6-10)21-15-8-11(2)14(18(19)20)7-12(15)3/h4-8H,1-3H3. The third kappa shape index (κ3) is 3.00. The Hall–Kier alpha value is -2.87. The number of hydrogen-bond donors (Lipinski definition) is 0. The molecule has 21 heavy (non-hydrogen) atoms. The number of nitriles is 1. The summed E-state index contributed by atoms with van der Waals surface area (Å²) < 4.78 is 5.78. The maximum Gasteiger partial charge on any atom is 0.272 e. The van der Waals surface area contributed by atoms with Crippen molar-refractivity contribution in [3.05, 3.63) is 62.7 Å². The smallest absolute Gasteiger partial charge is 0.272 e. The second kappa shape index (κ2) is 5.63. The number of hydrogen-bond acceptors (Lipinski definition) is 4. The first-order chi connectivity index (χ1) is 9.92. The molecule has 0 heterocycles. The van der Waals surface area contributed by atoms with Crippen molar-refractivity contribution in [2.45, 2.75) is 20.8 Å². The van der Waals surface area contributed by atoms with Crippen molar-refractivity contribution in [2.24, 2.45) is 0 Å². The topological polar surface area (TPSA) is 76.2 Å². The molecule has 2 aromatic carbocycles. The van der Waals surface area contributed by atoms with E-state index >= 15 is 0 Å². The average Bonchev–Trinajstić information content (AvgIpc) is 2.42. The Morgan fingerprint density at radius 1 is 1.10 bits per heavy atom. The lowest BCUT2D eigenvalue weighted by atomic mass is 10.1. The first kappa shape index (κ1) is 14.5. The molecule has 0 saturated heterocycles. The first-order valence-corrected chi connectivity index (χ1v) is 6.36. The molecule has 0 aliphatic heterocycles. The van der Waals surface area contributed by atoms with E-state index in [0.29, 0.717) is 28.2 Å². The highest BCUT2D eigenvalue weighted by Crippen LogP contribution is 2.32. The van der Waals surface area contributed by atoms with Crippen molar-refractivity contribution in [1.29, 1.82) is 5.26 Å². The zero-order valence-electron chi connectivity index (χ0n) is 12.0. The predicted molar refractivity (Wildman–Crippen MR) is 78.5 cm³/mol. The molecule has 0 atom stereocenters. The van der Waals surface area contributed by atoms with Crippen LogP contribution < -0.4 is 4.74 Å². The van der Waals surface area contributed by atoms with Gasteiger partial charge < -0.3 is 4.74 Å². The molecule has 0 fully saturated rings. The monoisotopic (exact) mass is 282 g/mol. The van der Waals surface area contributed by atoms with E-state index in [1.807, 2.05) is 13.0 Å². The van der Waals surface area contributed by atoms with Crippen LogP contribution in [0.1, 0.15) is 22.3 Å². The van der Waals surface area contributed by atoms with E-state index < -0.39 is 4.92 Å². The van der Waals surface area contributed by atoms with Crippen LogP contribution in [0.15, 0.2) is 30.3 Å². The minimum Gasteiger partial charge on any atom is -0.456 e. The van der Waals surface area contributed by atoms with Gasteiger partial charge in [-0.1, -0.05) is 6.07 Å². The summed E-state index contributed by atoms with van der Waals surface area (Å²) >= 11 is 0. The second-order valence-electron chi connectivity index (χ2n) is 4.87. The third-order valence-electron chi connectivity index (χ3n) is 3.17. The molecule has 2 aromatic rings. The van der Waals surface area contributed by atoms with E-state index in [9.17, 15) is 10.1 Å².